The number of carbonyl (C=O) groups is 2. The second-order valence-corrected chi connectivity index (χ2v) is 10.1. The second-order valence-electron chi connectivity index (χ2n) is 8.44. The smallest absolute Gasteiger partial charge is 0.343 e. The van der Waals surface area contributed by atoms with Crippen molar-refractivity contribution in [1.82, 2.24) is 4.90 Å². The van der Waals surface area contributed by atoms with Crippen LogP contribution >= 0.6 is 24.0 Å². The highest BCUT2D eigenvalue weighted by atomic mass is 32.2. The molecule has 1 aliphatic rings. The van der Waals surface area contributed by atoms with Crippen molar-refractivity contribution >= 4 is 46.3 Å². The fourth-order valence-electron chi connectivity index (χ4n) is 3.91. The van der Waals surface area contributed by atoms with Crippen molar-refractivity contribution in [1.29, 1.82) is 0 Å². The Balaban J connectivity index is 1.46. The fourth-order valence-corrected chi connectivity index (χ4v) is 5.22. The van der Waals surface area contributed by atoms with Gasteiger partial charge in [0.05, 0.1) is 31.8 Å². The molecule has 0 aromatic heterocycles. The van der Waals surface area contributed by atoms with Gasteiger partial charge < -0.3 is 18.9 Å². The zero-order chi connectivity index (χ0) is 27.2. The number of thiocarbonyl (C=S) groups is 1. The van der Waals surface area contributed by atoms with Crippen LogP contribution in [0.4, 0.5) is 0 Å². The molecule has 0 radical (unpaired) electrons. The summed E-state index contributed by atoms with van der Waals surface area (Å²) in [6.07, 6.45) is 2.36. The summed E-state index contributed by atoms with van der Waals surface area (Å²) in [6, 6.07) is 18.0. The molecule has 0 N–H and O–H groups in total. The van der Waals surface area contributed by atoms with Crippen molar-refractivity contribution in [2.75, 3.05) is 27.9 Å². The Labute approximate surface area is 231 Å². The van der Waals surface area contributed by atoms with Crippen LogP contribution in [0.3, 0.4) is 0 Å². The molecule has 38 heavy (non-hydrogen) atoms. The SMILES string of the molecule is COc1ccc(CCN2C(=O)/C(=C\c3ccc(OC(=O)c4cccc(C)c4)c(OC)c3)SC2=S)cc1OC. The van der Waals surface area contributed by atoms with Crippen molar-refractivity contribution in [3.8, 4) is 23.0 Å². The predicted octanol–water partition coefficient (Wildman–Crippen LogP) is 5.68. The van der Waals surface area contributed by atoms with Crippen LogP contribution in [0.25, 0.3) is 6.08 Å². The molecule has 1 amide bonds. The molecule has 0 saturated carbocycles. The predicted molar refractivity (Wildman–Crippen MR) is 152 cm³/mol. The fraction of sp³-hybridized carbons (Fsp3) is 0.207. The molecule has 4 rings (SSSR count). The first-order chi connectivity index (χ1) is 18.3. The van der Waals surface area contributed by atoms with Crippen molar-refractivity contribution in [2.24, 2.45) is 0 Å². The van der Waals surface area contributed by atoms with Crippen LogP contribution in [0.5, 0.6) is 23.0 Å². The topological polar surface area (TPSA) is 74.3 Å². The molecule has 0 atom stereocenters. The summed E-state index contributed by atoms with van der Waals surface area (Å²) >= 11 is 6.74. The van der Waals surface area contributed by atoms with Gasteiger partial charge in [0.1, 0.15) is 4.32 Å². The maximum absolute atomic E-state index is 13.1. The van der Waals surface area contributed by atoms with E-state index in [0.29, 0.717) is 50.8 Å². The zero-order valence-corrected chi connectivity index (χ0v) is 23.1. The normalized spacial score (nSPS) is 14.1. The molecule has 7 nitrogen and oxygen atoms in total. The molecule has 3 aromatic rings. The highest BCUT2D eigenvalue weighted by Crippen LogP contribution is 2.35. The van der Waals surface area contributed by atoms with E-state index in [9.17, 15) is 9.59 Å². The average Bonchev–Trinajstić information content (AvgIpc) is 3.19. The van der Waals surface area contributed by atoms with Gasteiger partial charge in [-0.25, -0.2) is 4.79 Å². The number of hydrogen-bond acceptors (Lipinski definition) is 8. The Kier molecular flexibility index (Phi) is 8.70. The number of rotatable bonds is 9. The van der Waals surface area contributed by atoms with Gasteiger partial charge in [-0.05, 0) is 66.9 Å². The zero-order valence-electron chi connectivity index (χ0n) is 21.5. The summed E-state index contributed by atoms with van der Waals surface area (Å²) in [7, 11) is 4.67. The standard InChI is InChI=1S/C29H27NO6S2/c1-18-6-5-7-21(14-18)28(32)36-23-11-9-20(16-25(23)35-4)17-26-27(31)30(29(37)38-26)13-12-19-8-10-22(33-2)24(15-19)34-3/h5-11,14-17H,12-13H2,1-4H3/b26-17+. The first kappa shape index (κ1) is 27.2. The third kappa shape index (κ3) is 6.17. The summed E-state index contributed by atoms with van der Waals surface area (Å²) in [4.78, 5) is 27.8. The molecule has 1 saturated heterocycles. The number of benzene rings is 3. The van der Waals surface area contributed by atoms with Gasteiger partial charge in [0.15, 0.2) is 23.0 Å². The number of aryl methyl sites for hydroxylation is 1. The Bertz CT molecular complexity index is 1420. The van der Waals surface area contributed by atoms with Gasteiger partial charge in [-0.3, -0.25) is 9.69 Å². The third-order valence-corrected chi connectivity index (χ3v) is 7.27. The molecule has 1 aliphatic heterocycles. The minimum absolute atomic E-state index is 0.158. The second kappa shape index (κ2) is 12.1. The quantitative estimate of drug-likeness (QED) is 0.146. The summed E-state index contributed by atoms with van der Waals surface area (Å²) < 4.78 is 22.2. The number of amides is 1. The first-order valence-corrected chi connectivity index (χ1v) is 13.0. The van der Waals surface area contributed by atoms with E-state index in [1.54, 1.807) is 61.6 Å². The van der Waals surface area contributed by atoms with E-state index in [4.69, 9.17) is 31.2 Å². The number of carbonyl (C=O) groups excluding carboxylic acids is 2. The molecular weight excluding hydrogens is 522 g/mol. The third-order valence-electron chi connectivity index (χ3n) is 5.89. The summed E-state index contributed by atoms with van der Waals surface area (Å²) in [5, 5.41) is 0. The van der Waals surface area contributed by atoms with Gasteiger partial charge in [-0.2, -0.15) is 0 Å². The largest absolute Gasteiger partial charge is 0.493 e. The van der Waals surface area contributed by atoms with Gasteiger partial charge in [-0.1, -0.05) is 53.8 Å². The first-order valence-electron chi connectivity index (χ1n) is 11.8. The van der Waals surface area contributed by atoms with Crippen molar-refractivity contribution in [3.05, 3.63) is 87.8 Å². The molecule has 3 aromatic carbocycles. The number of hydrogen-bond donors (Lipinski definition) is 0. The average molecular weight is 550 g/mol. The lowest BCUT2D eigenvalue weighted by atomic mass is 10.1. The molecule has 0 bridgehead atoms. The summed E-state index contributed by atoms with van der Waals surface area (Å²) in [5.74, 6) is 1.32. The number of methoxy groups -OCH3 is 3. The van der Waals surface area contributed by atoms with Gasteiger partial charge in [0.2, 0.25) is 0 Å². The van der Waals surface area contributed by atoms with Crippen LogP contribution in [0.1, 0.15) is 27.0 Å². The van der Waals surface area contributed by atoms with Crippen LogP contribution in [0, 0.1) is 6.92 Å². The Hall–Kier alpha value is -3.82. The summed E-state index contributed by atoms with van der Waals surface area (Å²) in [6.45, 7) is 2.35. The van der Waals surface area contributed by atoms with Crippen LogP contribution in [0.15, 0.2) is 65.6 Å². The van der Waals surface area contributed by atoms with Crippen LogP contribution in [-0.4, -0.2) is 49.0 Å². The van der Waals surface area contributed by atoms with E-state index in [0.717, 1.165) is 16.7 Å². The minimum atomic E-state index is -0.477. The maximum Gasteiger partial charge on any atom is 0.343 e. The lowest BCUT2D eigenvalue weighted by molar-refractivity contribution is -0.122. The summed E-state index contributed by atoms with van der Waals surface area (Å²) in [5.41, 5.74) is 3.13. The van der Waals surface area contributed by atoms with Crippen LogP contribution < -0.4 is 18.9 Å². The molecule has 0 aliphatic carbocycles. The Morgan fingerprint density at radius 3 is 2.34 bits per heavy atom. The van der Waals surface area contributed by atoms with Crippen molar-refractivity contribution < 1.29 is 28.5 Å². The van der Waals surface area contributed by atoms with Gasteiger partial charge in [-0.15, -0.1) is 0 Å². The van der Waals surface area contributed by atoms with Gasteiger partial charge in [0.25, 0.3) is 5.91 Å². The number of thioether (sulfide) groups is 1. The van der Waals surface area contributed by atoms with E-state index < -0.39 is 5.97 Å². The van der Waals surface area contributed by atoms with Gasteiger partial charge >= 0.3 is 5.97 Å². The Morgan fingerprint density at radius 1 is 0.921 bits per heavy atom. The van der Waals surface area contributed by atoms with Crippen LogP contribution in [0.2, 0.25) is 0 Å². The van der Waals surface area contributed by atoms with E-state index in [-0.39, 0.29) is 5.91 Å². The number of ether oxygens (including phenoxy) is 4. The maximum atomic E-state index is 13.1. The molecule has 0 spiro atoms. The van der Waals surface area contributed by atoms with E-state index in [2.05, 4.69) is 0 Å². The molecule has 1 heterocycles. The van der Waals surface area contributed by atoms with Crippen molar-refractivity contribution in [2.45, 2.75) is 13.3 Å². The molecule has 1 fully saturated rings. The minimum Gasteiger partial charge on any atom is -0.493 e. The van der Waals surface area contributed by atoms with Crippen LogP contribution in [-0.2, 0) is 11.2 Å². The highest BCUT2D eigenvalue weighted by molar-refractivity contribution is 8.26. The van der Waals surface area contributed by atoms with Gasteiger partial charge in [0, 0.05) is 6.54 Å². The van der Waals surface area contributed by atoms with E-state index in [1.165, 1.54) is 18.9 Å². The highest BCUT2D eigenvalue weighted by Gasteiger charge is 2.31. The number of esters is 1. The monoisotopic (exact) mass is 549 g/mol. The lowest BCUT2D eigenvalue weighted by Gasteiger charge is -2.15. The molecule has 9 heteroatoms. The van der Waals surface area contributed by atoms with E-state index >= 15 is 0 Å². The van der Waals surface area contributed by atoms with E-state index in [1.807, 2.05) is 31.2 Å². The van der Waals surface area contributed by atoms with Crippen molar-refractivity contribution in [3.63, 3.8) is 0 Å². The molecular formula is C29H27NO6S2. The molecule has 196 valence electrons. The molecule has 0 unspecified atom stereocenters. The Morgan fingerprint density at radius 2 is 1.63 bits per heavy atom. The number of nitrogens with zero attached hydrogens (tertiary/aromatic N) is 1. The lowest BCUT2D eigenvalue weighted by Crippen LogP contribution is -2.30.